The van der Waals surface area contributed by atoms with Gasteiger partial charge in [-0.15, -0.1) is 0 Å². The summed E-state index contributed by atoms with van der Waals surface area (Å²) in [5.74, 6) is -0.724. The molecule has 0 spiro atoms. The standard InChI is InChI=1S/C11H25N3O2/c1-2-8-14(9-5-12)10-7-13-6-3-4-11(15)16/h13H,2-10,12H2,1H3,(H,15,16). The summed E-state index contributed by atoms with van der Waals surface area (Å²) in [5.41, 5.74) is 5.52. The van der Waals surface area contributed by atoms with Crippen LogP contribution < -0.4 is 11.1 Å². The molecule has 0 aromatic rings. The molecule has 5 nitrogen and oxygen atoms in total. The van der Waals surface area contributed by atoms with E-state index in [2.05, 4.69) is 17.1 Å². The van der Waals surface area contributed by atoms with Crippen LogP contribution in [0.15, 0.2) is 0 Å². The van der Waals surface area contributed by atoms with Crippen LogP contribution >= 0.6 is 0 Å². The maximum absolute atomic E-state index is 10.3. The zero-order valence-corrected chi connectivity index (χ0v) is 10.2. The van der Waals surface area contributed by atoms with Gasteiger partial charge < -0.3 is 21.1 Å². The Morgan fingerprint density at radius 2 is 2.06 bits per heavy atom. The number of nitrogens with two attached hydrogens (primary N) is 1. The summed E-state index contributed by atoms with van der Waals surface area (Å²) in [6, 6.07) is 0. The smallest absolute Gasteiger partial charge is 0.303 e. The van der Waals surface area contributed by atoms with Crippen LogP contribution in [0.4, 0.5) is 0 Å². The van der Waals surface area contributed by atoms with E-state index in [1.165, 1.54) is 0 Å². The van der Waals surface area contributed by atoms with Crippen molar-refractivity contribution in [1.29, 1.82) is 0 Å². The van der Waals surface area contributed by atoms with Crippen molar-refractivity contribution in [3.8, 4) is 0 Å². The fourth-order valence-electron chi connectivity index (χ4n) is 1.56. The van der Waals surface area contributed by atoms with Gasteiger partial charge in [0, 0.05) is 32.6 Å². The fraction of sp³-hybridized carbons (Fsp3) is 0.909. The van der Waals surface area contributed by atoms with Crippen molar-refractivity contribution in [3.63, 3.8) is 0 Å². The lowest BCUT2D eigenvalue weighted by molar-refractivity contribution is -0.137. The number of carboxylic acid groups (broad SMARTS) is 1. The molecule has 0 amide bonds. The van der Waals surface area contributed by atoms with Gasteiger partial charge in [-0.25, -0.2) is 0 Å². The van der Waals surface area contributed by atoms with Crippen LogP contribution in [0.25, 0.3) is 0 Å². The first-order valence-corrected chi connectivity index (χ1v) is 6.05. The quantitative estimate of drug-likeness (QED) is 0.440. The maximum Gasteiger partial charge on any atom is 0.303 e. The lowest BCUT2D eigenvalue weighted by atomic mass is 10.3. The summed E-state index contributed by atoms with van der Waals surface area (Å²) in [6.07, 6.45) is 2.08. The molecule has 0 bridgehead atoms. The average molecular weight is 231 g/mol. The summed E-state index contributed by atoms with van der Waals surface area (Å²) in [4.78, 5) is 12.6. The van der Waals surface area contributed by atoms with Crippen LogP contribution in [0.2, 0.25) is 0 Å². The minimum Gasteiger partial charge on any atom is -0.481 e. The molecule has 4 N–H and O–H groups in total. The van der Waals surface area contributed by atoms with Gasteiger partial charge >= 0.3 is 5.97 Å². The second kappa shape index (κ2) is 10.9. The van der Waals surface area contributed by atoms with Crippen molar-refractivity contribution in [2.75, 3.05) is 39.3 Å². The largest absolute Gasteiger partial charge is 0.481 e. The lowest BCUT2D eigenvalue weighted by Crippen LogP contribution is -2.36. The van der Waals surface area contributed by atoms with Gasteiger partial charge in [0.15, 0.2) is 0 Å². The molecule has 0 fully saturated rings. The molecule has 0 aliphatic carbocycles. The predicted octanol–water partition coefficient (Wildman–Crippen LogP) is 0.112. The number of rotatable bonds is 11. The van der Waals surface area contributed by atoms with Gasteiger partial charge in [-0.1, -0.05) is 6.92 Å². The van der Waals surface area contributed by atoms with Crippen LogP contribution in [0, 0.1) is 0 Å². The number of hydrogen-bond donors (Lipinski definition) is 3. The number of nitrogens with one attached hydrogen (secondary N) is 1. The van der Waals surface area contributed by atoms with Crippen LogP contribution in [0.3, 0.4) is 0 Å². The van der Waals surface area contributed by atoms with Crippen molar-refractivity contribution in [1.82, 2.24) is 10.2 Å². The van der Waals surface area contributed by atoms with Crippen molar-refractivity contribution in [2.45, 2.75) is 26.2 Å². The summed E-state index contributed by atoms with van der Waals surface area (Å²) < 4.78 is 0. The minimum atomic E-state index is -0.724. The Morgan fingerprint density at radius 1 is 1.31 bits per heavy atom. The second-order valence-corrected chi connectivity index (χ2v) is 3.88. The van der Waals surface area contributed by atoms with Gasteiger partial charge in [-0.2, -0.15) is 0 Å². The van der Waals surface area contributed by atoms with Crippen molar-refractivity contribution in [3.05, 3.63) is 0 Å². The van der Waals surface area contributed by atoms with E-state index < -0.39 is 5.97 Å². The monoisotopic (exact) mass is 231 g/mol. The Balaban J connectivity index is 3.35. The molecule has 0 aliphatic rings. The van der Waals surface area contributed by atoms with Gasteiger partial charge in [0.2, 0.25) is 0 Å². The van der Waals surface area contributed by atoms with E-state index in [-0.39, 0.29) is 6.42 Å². The maximum atomic E-state index is 10.3. The summed E-state index contributed by atoms with van der Waals surface area (Å²) in [5, 5.41) is 11.7. The molecule has 0 saturated heterocycles. The highest BCUT2D eigenvalue weighted by atomic mass is 16.4. The van der Waals surface area contributed by atoms with Crippen LogP contribution in [-0.2, 0) is 4.79 Å². The van der Waals surface area contributed by atoms with E-state index in [1.807, 2.05) is 0 Å². The molecule has 96 valence electrons. The molecular formula is C11H25N3O2. The summed E-state index contributed by atoms with van der Waals surface area (Å²) in [7, 11) is 0. The van der Waals surface area contributed by atoms with Crippen molar-refractivity contribution >= 4 is 5.97 Å². The normalized spacial score (nSPS) is 10.9. The molecule has 0 unspecified atom stereocenters. The first kappa shape index (κ1) is 15.3. The van der Waals surface area contributed by atoms with E-state index >= 15 is 0 Å². The number of aliphatic carboxylic acids is 1. The Bertz CT molecular complexity index is 171. The van der Waals surface area contributed by atoms with Gasteiger partial charge in [-0.05, 0) is 25.9 Å². The first-order valence-electron chi connectivity index (χ1n) is 6.05. The first-order chi connectivity index (χ1) is 7.70. The number of nitrogens with zero attached hydrogens (tertiary/aromatic N) is 1. The highest BCUT2D eigenvalue weighted by Crippen LogP contribution is 1.90. The molecule has 0 atom stereocenters. The van der Waals surface area contributed by atoms with Gasteiger partial charge in [0.05, 0.1) is 0 Å². The minimum absolute atomic E-state index is 0.245. The molecule has 0 aromatic carbocycles. The highest BCUT2D eigenvalue weighted by Gasteiger charge is 2.01. The molecule has 0 radical (unpaired) electrons. The molecule has 0 aliphatic heterocycles. The van der Waals surface area contributed by atoms with Crippen molar-refractivity contribution in [2.24, 2.45) is 5.73 Å². The lowest BCUT2D eigenvalue weighted by Gasteiger charge is -2.20. The van der Waals surface area contributed by atoms with E-state index in [9.17, 15) is 4.79 Å². The number of carbonyl (C=O) groups is 1. The third-order valence-electron chi connectivity index (χ3n) is 2.33. The van der Waals surface area contributed by atoms with Crippen LogP contribution in [-0.4, -0.2) is 55.2 Å². The highest BCUT2D eigenvalue weighted by molar-refractivity contribution is 5.66. The number of hydrogen-bond acceptors (Lipinski definition) is 4. The summed E-state index contributed by atoms with van der Waals surface area (Å²) >= 11 is 0. The zero-order valence-electron chi connectivity index (χ0n) is 10.2. The molecule has 16 heavy (non-hydrogen) atoms. The molecule has 0 aromatic heterocycles. The van der Waals surface area contributed by atoms with Gasteiger partial charge in [-0.3, -0.25) is 4.79 Å². The number of carboxylic acids is 1. The Kier molecular flexibility index (Phi) is 10.4. The third kappa shape index (κ3) is 9.89. The Labute approximate surface area is 98.0 Å². The Hall–Kier alpha value is -0.650. The molecule has 0 saturated carbocycles. The fourth-order valence-corrected chi connectivity index (χ4v) is 1.56. The van der Waals surface area contributed by atoms with Crippen LogP contribution in [0.5, 0.6) is 0 Å². The SMILES string of the molecule is CCCN(CCN)CCNCCCC(=O)O. The molecule has 0 rings (SSSR count). The van der Waals surface area contributed by atoms with Crippen molar-refractivity contribution < 1.29 is 9.90 Å². The molecular weight excluding hydrogens is 206 g/mol. The molecule has 0 heterocycles. The Morgan fingerprint density at radius 3 is 2.62 bits per heavy atom. The van der Waals surface area contributed by atoms with E-state index in [1.54, 1.807) is 0 Å². The van der Waals surface area contributed by atoms with Crippen LogP contribution in [0.1, 0.15) is 26.2 Å². The topological polar surface area (TPSA) is 78.6 Å². The average Bonchev–Trinajstić information content (AvgIpc) is 2.23. The zero-order chi connectivity index (χ0) is 12.2. The van der Waals surface area contributed by atoms with E-state index in [0.717, 1.165) is 39.1 Å². The second-order valence-electron chi connectivity index (χ2n) is 3.88. The third-order valence-corrected chi connectivity index (χ3v) is 2.33. The van der Waals surface area contributed by atoms with Gasteiger partial charge in [0.25, 0.3) is 0 Å². The van der Waals surface area contributed by atoms with E-state index in [0.29, 0.717) is 13.0 Å². The summed E-state index contributed by atoms with van der Waals surface area (Å²) in [6.45, 7) is 7.52. The van der Waals surface area contributed by atoms with Gasteiger partial charge in [0.1, 0.15) is 0 Å². The van der Waals surface area contributed by atoms with E-state index in [4.69, 9.17) is 10.8 Å². The predicted molar refractivity (Wildman–Crippen MR) is 65.5 cm³/mol. The molecule has 5 heteroatoms.